The minimum Gasteiger partial charge on any atom is -0.504 e. The lowest BCUT2D eigenvalue weighted by Gasteiger charge is -2.27. The fraction of sp³-hybridized carbons (Fsp3) is 0.333. The predicted molar refractivity (Wildman–Crippen MR) is 87.8 cm³/mol. The van der Waals surface area contributed by atoms with Crippen molar-refractivity contribution >= 4 is 35.3 Å². The van der Waals surface area contributed by atoms with Gasteiger partial charge < -0.3 is 35.3 Å². The molecule has 0 unspecified atom stereocenters. The van der Waals surface area contributed by atoms with Crippen molar-refractivity contribution in [2.75, 3.05) is 36.0 Å². The Hall–Kier alpha value is -3.50. The zero-order chi connectivity index (χ0) is 20.0. The van der Waals surface area contributed by atoms with Crippen LogP contribution in [0, 0.1) is 6.92 Å². The van der Waals surface area contributed by atoms with Crippen molar-refractivity contribution in [2.45, 2.75) is 6.92 Å². The maximum atomic E-state index is 11.0. The monoisotopic (exact) mass is 370 g/mol. The molecule has 26 heavy (non-hydrogen) atoms. The Morgan fingerprint density at radius 2 is 1.00 bits per heavy atom. The van der Waals surface area contributed by atoms with Gasteiger partial charge in [-0.2, -0.15) is 0 Å². The highest BCUT2D eigenvalue weighted by atomic mass is 16.4. The molecule has 142 valence electrons. The molecule has 0 radical (unpaired) electrons. The van der Waals surface area contributed by atoms with Gasteiger partial charge in [0, 0.05) is 0 Å². The quantitative estimate of drug-likeness (QED) is 0.364. The topological polar surface area (TPSA) is 176 Å². The smallest absolute Gasteiger partial charge is 0.323 e. The fourth-order valence-electron chi connectivity index (χ4n) is 2.33. The average molecular weight is 370 g/mol. The van der Waals surface area contributed by atoms with E-state index in [0.29, 0.717) is 5.56 Å². The minimum atomic E-state index is -1.35. The zero-order valence-electron chi connectivity index (χ0n) is 13.7. The number of benzene rings is 1. The molecule has 1 aromatic rings. The van der Waals surface area contributed by atoms with Crippen LogP contribution in [0.5, 0.6) is 5.75 Å². The minimum absolute atomic E-state index is 0.162. The van der Waals surface area contributed by atoms with E-state index in [9.17, 15) is 24.3 Å². The number of aryl methyl sites for hydroxylation is 1. The van der Waals surface area contributed by atoms with Crippen LogP contribution in [0.2, 0.25) is 0 Å². The molecular formula is C15H18N2O9. The highest BCUT2D eigenvalue weighted by Gasteiger charge is 2.24. The lowest BCUT2D eigenvalue weighted by Crippen LogP contribution is -2.36. The summed E-state index contributed by atoms with van der Waals surface area (Å²) in [6.07, 6.45) is 0. The van der Waals surface area contributed by atoms with Crippen LogP contribution in [0.3, 0.4) is 0 Å². The average Bonchev–Trinajstić information content (AvgIpc) is 2.46. The number of rotatable bonds is 10. The number of anilines is 2. The number of aliphatic carboxylic acids is 4. The van der Waals surface area contributed by atoms with Gasteiger partial charge in [0.05, 0.1) is 11.4 Å². The van der Waals surface area contributed by atoms with Gasteiger partial charge in [0.25, 0.3) is 0 Å². The number of hydrogen-bond donors (Lipinski definition) is 5. The maximum Gasteiger partial charge on any atom is 0.323 e. The Morgan fingerprint density at radius 1 is 0.731 bits per heavy atom. The van der Waals surface area contributed by atoms with Crippen LogP contribution < -0.4 is 9.80 Å². The number of carboxylic acid groups (broad SMARTS) is 4. The maximum absolute atomic E-state index is 11.0. The Balaban J connectivity index is 3.46. The van der Waals surface area contributed by atoms with Gasteiger partial charge in [-0.05, 0) is 24.6 Å². The standard InChI is InChI=1S/C15H18N2O9/c1-8-2-9(16(4-11(18)19)5-12(20)21)15(26)10(3-8)17(6-13(22)23)7-14(24)25/h2-3,26H,4-7H2,1H3,(H,18,19)(H,20,21)(H,22,23)(H,24,25). The third-order valence-electron chi connectivity index (χ3n) is 3.20. The molecule has 0 aliphatic carbocycles. The third-order valence-corrected chi connectivity index (χ3v) is 3.20. The van der Waals surface area contributed by atoms with Crippen LogP contribution in [0.15, 0.2) is 12.1 Å². The van der Waals surface area contributed by atoms with Gasteiger partial charge in [-0.1, -0.05) is 0 Å². The first-order valence-corrected chi connectivity index (χ1v) is 7.22. The van der Waals surface area contributed by atoms with Crippen molar-refractivity contribution in [1.82, 2.24) is 0 Å². The largest absolute Gasteiger partial charge is 0.504 e. The molecule has 0 saturated heterocycles. The Bertz CT molecular complexity index is 643. The van der Waals surface area contributed by atoms with E-state index >= 15 is 0 Å². The molecule has 0 spiro atoms. The Labute approximate surface area is 147 Å². The summed E-state index contributed by atoms with van der Waals surface area (Å²) in [4.78, 5) is 45.7. The highest BCUT2D eigenvalue weighted by Crippen LogP contribution is 2.38. The molecule has 0 fully saturated rings. The van der Waals surface area contributed by atoms with Crippen molar-refractivity contribution in [3.8, 4) is 5.75 Å². The van der Waals surface area contributed by atoms with Crippen LogP contribution in [0.4, 0.5) is 11.4 Å². The van der Waals surface area contributed by atoms with Gasteiger partial charge in [-0.15, -0.1) is 0 Å². The zero-order valence-corrected chi connectivity index (χ0v) is 13.7. The summed E-state index contributed by atoms with van der Waals surface area (Å²) in [5.74, 6) is -5.99. The van der Waals surface area contributed by atoms with E-state index < -0.39 is 55.8 Å². The summed E-state index contributed by atoms with van der Waals surface area (Å²) in [5.41, 5.74) is 0.116. The summed E-state index contributed by atoms with van der Waals surface area (Å²) in [6, 6.07) is 2.65. The molecule has 1 aromatic carbocycles. The van der Waals surface area contributed by atoms with E-state index in [-0.39, 0.29) is 11.4 Å². The first-order valence-electron chi connectivity index (χ1n) is 7.22. The third kappa shape index (κ3) is 5.85. The van der Waals surface area contributed by atoms with Gasteiger partial charge >= 0.3 is 23.9 Å². The van der Waals surface area contributed by atoms with E-state index in [1.165, 1.54) is 12.1 Å². The fourth-order valence-corrected chi connectivity index (χ4v) is 2.33. The summed E-state index contributed by atoms with van der Waals surface area (Å²) in [5, 5.41) is 46.3. The second kappa shape index (κ2) is 8.55. The van der Waals surface area contributed by atoms with E-state index in [0.717, 1.165) is 9.80 Å². The Morgan fingerprint density at radius 3 is 1.23 bits per heavy atom. The lowest BCUT2D eigenvalue weighted by molar-refractivity contribution is -0.138. The molecule has 0 saturated carbocycles. The molecule has 0 amide bonds. The first kappa shape index (κ1) is 20.5. The molecule has 11 heteroatoms. The van der Waals surface area contributed by atoms with Gasteiger partial charge in [0.1, 0.15) is 26.2 Å². The summed E-state index contributed by atoms with van der Waals surface area (Å²) < 4.78 is 0. The van der Waals surface area contributed by atoms with Gasteiger partial charge in [0.15, 0.2) is 5.75 Å². The van der Waals surface area contributed by atoms with Crippen molar-refractivity contribution in [3.63, 3.8) is 0 Å². The molecule has 0 bridgehead atoms. The van der Waals surface area contributed by atoms with Crippen molar-refractivity contribution < 1.29 is 44.7 Å². The number of carboxylic acids is 4. The lowest BCUT2D eigenvalue weighted by atomic mass is 10.1. The van der Waals surface area contributed by atoms with Gasteiger partial charge in [0.2, 0.25) is 0 Å². The van der Waals surface area contributed by atoms with Crippen molar-refractivity contribution in [3.05, 3.63) is 17.7 Å². The number of hydrogen-bond acceptors (Lipinski definition) is 7. The molecule has 0 aliphatic rings. The molecule has 0 atom stereocenters. The molecule has 5 N–H and O–H groups in total. The van der Waals surface area contributed by atoms with Gasteiger partial charge in [-0.25, -0.2) is 0 Å². The van der Waals surface area contributed by atoms with Crippen LogP contribution in [-0.2, 0) is 19.2 Å². The summed E-state index contributed by atoms with van der Waals surface area (Å²) in [7, 11) is 0. The number of phenols is 1. The second-order valence-electron chi connectivity index (χ2n) is 5.44. The van der Waals surface area contributed by atoms with Crippen molar-refractivity contribution in [1.29, 1.82) is 0 Å². The van der Waals surface area contributed by atoms with Crippen LogP contribution >= 0.6 is 0 Å². The SMILES string of the molecule is Cc1cc(N(CC(=O)O)CC(=O)O)c(O)c(N(CC(=O)O)CC(=O)O)c1. The van der Waals surface area contributed by atoms with Crippen molar-refractivity contribution in [2.24, 2.45) is 0 Å². The molecule has 0 aromatic heterocycles. The molecule has 1 rings (SSSR count). The Kier molecular flexibility index (Phi) is 6.76. The number of nitrogens with zero attached hydrogens (tertiary/aromatic N) is 2. The van der Waals surface area contributed by atoms with E-state index in [1.54, 1.807) is 6.92 Å². The van der Waals surface area contributed by atoms with Crippen LogP contribution in [0.25, 0.3) is 0 Å². The van der Waals surface area contributed by atoms with Crippen LogP contribution in [-0.4, -0.2) is 75.6 Å². The molecular weight excluding hydrogens is 352 g/mol. The highest BCUT2D eigenvalue weighted by molar-refractivity contribution is 5.86. The number of carbonyl (C=O) groups is 4. The summed E-state index contributed by atoms with van der Waals surface area (Å²) in [6.45, 7) is -1.39. The number of phenolic OH excluding ortho intramolecular Hbond substituents is 1. The van der Waals surface area contributed by atoms with E-state index in [4.69, 9.17) is 20.4 Å². The predicted octanol–water partition coefficient (Wildman–Crippen LogP) is -0.348. The normalized spacial score (nSPS) is 10.2. The molecule has 11 nitrogen and oxygen atoms in total. The number of aromatic hydroxyl groups is 1. The van der Waals surface area contributed by atoms with Crippen LogP contribution in [0.1, 0.15) is 5.56 Å². The summed E-state index contributed by atoms with van der Waals surface area (Å²) >= 11 is 0. The van der Waals surface area contributed by atoms with Gasteiger partial charge in [-0.3, -0.25) is 19.2 Å². The van der Waals surface area contributed by atoms with E-state index in [1.807, 2.05) is 0 Å². The molecule has 0 aliphatic heterocycles. The first-order chi connectivity index (χ1) is 12.0. The second-order valence-corrected chi connectivity index (χ2v) is 5.44. The van der Waals surface area contributed by atoms with E-state index in [2.05, 4.69) is 0 Å². The molecule has 0 heterocycles.